The van der Waals surface area contributed by atoms with Crippen molar-refractivity contribution in [2.24, 2.45) is 0 Å². The summed E-state index contributed by atoms with van der Waals surface area (Å²) < 4.78 is 28.1. The fourth-order valence-corrected chi connectivity index (χ4v) is 6.70. The standard InChI is InChI=1S/C21H21ClN4O3S2/c1-13-9-14(2)11-17(10-13)31(28,29)26-8-4-7-18(26)20-24-25-21(30-20)19(27)23-16-6-3-5-15(22)12-16/h3,5-6,9-12,18H,4,7-8H2,1-2H3,(H,23,27). The minimum atomic E-state index is -3.69. The van der Waals surface area contributed by atoms with E-state index in [-0.39, 0.29) is 9.90 Å². The fraction of sp³-hybridized carbons (Fsp3) is 0.286. The van der Waals surface area contributed by atoms with Crippen LogP contribution in [0, 0.1) is 13.8 Å². The van der Waals surface area contributed by atoms with Crippen LogP contribution in [-0.4, -0.2) is 35.4 Å². The zero-order valence-corrected chi connectivity index (χ0v) is 19.4. The van der Waals surface area contributed by atoms with E-state index in [0.29, 0.717) is 28.7 Å². The molecule has 1 unspecified atom stereocenters. The summed E-state index contributed by atoms with van der Waals surface area (Å²) >= 11 is 7.06. The Labute approximate surface area is 190 Å². The lowest BCUT2D eigenvalue weighted by atomic mass is 10.2. The largest absolute Gasteiger partial charge is 0.320 e. The number of carbonyl (C=O) groups excluding carboxylic acids is 1. The quantitative estimate of drug-likeness (QED) is 0.581. The maximum absolute atomic E-state index is 13.3. The topological polar surface area (TPSA) is 92.3 Å². The highest BCUT2D eigenvalue weighted by molar-refractivity contribution is 7.89. The number of amides is 1. The predicted molar refractivity (Wildman–Crippen MR) is 121 cm³/mol. The number of sulfonamides is 1. The molecule has 1 fully saturated rings. The van der Waals surface area contributed by atoms with Gasteiger partial charge in [-0.15, -0.1) is 10.2 Å². The van der Waals surface area contributed by atoms with Crippen LogP contribution in [0.3, 0.4) is 0 Å². The highest BCUT2D eigenvalue weighted by Crippen LogP contribution is 2.38. The summed E-state index contributed by atoms with van der Waals surface area (Å²) in [6.45, 7) is 4.16. The molecule has 3 aromatic rings. The lowest BCUT2D eigenvalue weighted by molar-refractivity contribution is 0.102. The van der Waals surface area contributed by atoms with Crippen molar-refractivity contribution in [1.82, 2.24) is 14.5 Å². The number of hydrogen-bond acceptors (Lipinski definition) is 6. The number of rotatable bonds is 5. The Balaban J connectivity index is 1.57. The van der Waals surface area contributed by atoms with E-state index >= 15 is 0 Å². The number of aryl methyl sites for hydroxylation is 2. The first-order valence-corrected chi connectivity index (χ1v) is 12.4. The Morgan fingerprint density at radius 2 is 1.90 bits per heavy atom. The second-order valence-electron chi connectivity index (χ2n) is 7.51. The van der Waals surface area contributed by atoms with Crippen molar-refractivity contribution >= 4 is 44.6 Å². The van der Waals surface area contributed by atoms with E-state index < -0.39 is 22.0 Å². The molecule has 0 bridgehead atoms. The van der Waals surface area contributed by atoms with Crippen molar-refractivity contribution in [3.63, 3.8) is 0 Å². The number of halogens is 1. The van der Waals surface area contributed by atoms with Crippen LogP contribution < -0.4 is 5.32 Å². The van der Waals surface area contributed by atoms with E-state index in [1.54, 1.807) is 36.4 Å². The van der Waals surface area contributed by atoms with Gasteiger partial charge >= 0.3 is 0 Å². The zero-order chi connectivity index (χ0) is 22.2. The molecule has 0 spiro atoms. The van der Waals surface area contributed by atoms with Crippen molar-refractivity contribution in [1.29, 1.82) is 0 Å². The smallest absolute Gasteiger partial charge is 0.286 e. The van der Waals surface area contributed by atoms with Crippen LogP contribution in [0.1, 0.15) is 44.8 Å². The van der Waals surface area contributed by atoms with Gasteiger partial charge < -0.3 is 5.32 Å². The summed E-state index contributed by atoms with van der Waals surface area (Å²) in [4.78, 5) is 12.8. The second kappa shape index (κ2) is 8.66. The lowest BCUT2D eigenvalue weighted by Crippen LogP contribution is -2.30. The van der Waals surface area contributed by atoms with Crippen LogP contribution in [0.15, 0.2) is 47.4 Å². The summed E-state index contributed by atoms with van der Waals surface area (Å²) in [6.07, 6.45) is 1.35. The van der Waals surface area contributed by atoms with Crippen molar-refractivity contribution in [2.75, 3.05) is 11.9 Å². The molecule has 7 nitrogen and oxygen atoms in total. The number of nitrogens with one attached hydrogen (secondary N) is 1. The van der Waals surface area contributed by atoms with Gasteiger partial charge in [0.15, 0.2) is 0 Å². The van der Waals surface area contributed by atoms with Gasteiger partial charge in [-0.1, -0.05) is 35.1 Å². The average molecular weight is 477 g/mol. The van der Waals surface area contributed by atoms with E-state index in [0.717, 1.165) is 28.9 Å². The number of nitrogens with zero attached hydrogens (tertiary/aromatic N) is 3. The lowest BCUT2D eigenvalue weighted by Gasteiger charge is -2.22. The number of carbonyl (C=O) groups is 1. The normalized spacial score (nSPS) is 17.1. The van der Waals surface area contributed by atoms with Gasteiger partial charge in [-0.05, 0) is 68.1 Å². The number of anilines is 1. The molecule has 2 aromatic carbocycles. The SMILES string of the molecule is Cc1cc(C)cc(S(=O)(=O)N2CCCC2c2nnc(C(=O)Nc3cccc(Cl)c3)s2)c1. The van der Waals surface area contributed by atoms with Crippen molar-refractivity contribution in [3.8, 4) is 0 Å². The van der Waals surface area contributed by atoms with Gasteiger partial charge in [0.25, 0.3) is 5.91 Å². The van der Waals surface area contributed by atoms with Gasteiger partial charge in [-0.3, -0.25) is 4.79 Å². The maximum Gasteiger partial charge on any atom is 0.286 e. The van der Waals surface area contributed by atoms with Gasteiger partial charge in [-0.2, -0.15) is 4.31 Å². The first-order valence-electron chi connectivity index (χ1n) is 9.74. The van der Waals surface area contributed by atoms with Gasteiger partial charge in [0.1, 0.15) is 5.01 Å². The van der Waals surface area contributed by atoms with Crippen molar-refractivity contribution < 1.29 is 13.2 Å². The monoisotopic (exact) mass is 476 g/mol. The zero-order valence-electron chi connectivity index (χ0n) is 17.0. The van der Waals surface area contributed by atoms with E-state index in [4.69, 9.17) is 11.6 Å². The summed E-state index contributed by atoms with van der Waals surface area (Å²) in [5, 5.41) is 12.1. The van der Waals surface area contributed by atoms with E-state index in [2.05, 4.69) is 15.5 Å². The predicted octanol–water partition coefficient (Wildman–Crippen LogP) is 4.59. The van der Waals surface area contributed by atoms with Crippen LogP contribution in [0.4, 0.5) is 5.69 Å². The number of hydrogen-bond donors (Lipinski definition) is 1. The van der Waals surface area contributed by atoms with Crippen LogP contribution in [0.2, 0.25) is 5.02 Å². The fourth-order valence-electron chi connectivity index (χ4n) is 3.70. The van der Waals surface area contributed by atoms with E-state index in [1.807, 2.05) is 19.9 Å². The molecule has 0 aliphatic carbocycles. The summed E-state index contributed by atoms with van der Waals surface area (Å²) in [6, 6.07) is 11.7. The molecule has 162 valence electrons. The van der Waals surface area contributed by atoms with E-state index in [1.165, 1.54) is 4.31 Å². The van der Waals surface area contributed by atoms with E-state index in [9.17, 15) is 13.2 Å². The third kappa shape index (κ3) is 4.64. The third-order valence-electron chi connectivity index (χ3n) is 5.01. The molecule has 1 aromatic heterocycles. The molecule has 1 saturated heterocycles. The molecule has 1 aliphatic rings. The molecule has 1 aliphatic heterocycles. The van der Waals surface area contributed by atoms with Crippen LogP contribution in [0.25, 0.3) is 0 Å². The molecular weight excluding hydrogens is 456 g/mol. The van der Waals surface area contributed by atoms with Crippen LogP contribution >= 0.6 is 22.9 Å². The van der Waals surface area contributed by atoms with Gasteiger partial charge in [0, 0.05) is 17.3 Å². The van der Waals surface area contributed by atoms with Crippen molar-refractivity contribution in [2.45, 2.75) is 37.6 Å². The minimum Gasteiger partial charge on any atom is -0.320 e. The second-order valence-corrected chi connectivity index (χ2v) is 10.8. The molecular formula is C21H21ClN4O3S2. The average Bonchev–Trinajstić information content (AvgIpc) is 3.37. The van der Waals surface area contributed by atoms with Crippen LogP contribution in [-0.2, 0) is 10.0 Å². The highest BCUT2D eigenvalue weighted by atomic mass is 35.5. The minimum absolute atomic E-state index is 0.172. The summed E-state index contributed by atoms with van der Waals surface area (Å²) in [5.74, 6) is -0.410. The third-order valence-corrected chi connectivity index (χ3v) is 8.15. The Hall–Kier alpha value is -2.33. The van der Waals surface area contributed by atoms with Gasteiger partial charge in [0.2, 0.25) is 15.0 Å². The molecule has 31 heavy (non-hydrogen) atoms. The molecule has 0 saturated carbocycles. The summed E-state index contributed by atoms with van der Waals surface area (Å²) in [5.41, 5.74) is 2.34. The molecule has 1 amide bonds. The van der Waals surface area contributed by atoms with Gasteiger partial charge in [-0.25, -0.2) is 8.42 Å². The Bertz CT molecular complexity index is 1220. The Morgan fingerprint density at radius 1 is 1.16 bits per heavy atom. The number of aromatic nitrogens is 2. The molecule has 0 radical (unpaired) electrons. The summed E-state index contributed by atoms with van der Waals surface area (Å²) in [7, 11) is -3.69. The maximum atomic E-state index is 13.3. The molecule has 1 N–H and O–H groups in total. The number of benzene rings is 2. The highest BCUT2D eigenvalue weighted by Gasteiger charge is 2.38. The first kappa shape index (κ1) is 21.9. The molecule has 10 heteroatoms. The Kier molecular flexibility index (Phi) is 6.11. The van der Waals surface area contributed by atoms with Gasteiger partial charge in [0.05, 0.1) is 10.9 Å². The molecule has 2 heterocycles. The van der Waals surface area contributed by atoms with Crippen LogP contribution in [0.5, 0.6) is 0 Å². The van der Waals surface area contributed by atoms with Crippen molar-refractivity contribution in [3.05, 3.63) is 68.6 Å². The first-order chi connectivity index (χ1) is 14.7. The Morgan fingerprint density at radius 3 is 2.61 bits per heavy atom. The molecule has 4 rings (SSSR count). The molecule has 1 atom stereocenters.